The van der Waals surface area contributed by atoms with Crippen molar-refractivity contribution in [3.63, 3.8) is 0 Å². The van der Waals surface area contributed by atoms with E-state index in [1.807, 2.05) is 6.92 Å². The van der Waals surface area contributed by atoms with Crippen LogP contribution in [-0.2, 0) is 6.42 Å². The van der Waals surface area contributed by atoms with Crippen LogP contribution in [0.4, 0.5) is 10.1 Å². The van der Waals surface area contributed by atoms with E-state index in [-0.39, 0.29) is 16.1 Å². The smallest absolute Gasteiger partial charge is 0.255 e. The van der Waals surface area contributed by atoms with Crippen molar-refractivity contribution in [2.24, 2.45) is 0 Å². The Morgan fingerprint density at radius 3 is 2.67 bits per heavy atom. The molecule has 1 aromatic heterocycles. The monoisotopic (exact) mass is 385 g/mol. The van der Waals surface area contributed by atoms with Crippen molar-refractivity contribution in [2.75, 3.05) is 5.32 Å². The lowest BCUT2D eigenvalue weighted by Gasteiger charge is -2.12. The molecule has 0 bridgehead atoms. The van der Waals surface area contributed by atoms with Crippen molar-refractivity contribution in [3.05, 3.63) is 80.5 Å². The molecule has 1 heterocycles. The van der Waals surface area contributed by atoms with E-state index < -0.39 is 11.7 Å². The number of H-pyrrole nitrogens is 1. The molecule has 2 aromatic carbocycles. The number of nitrogens with one attached hydrogen (secondary N) is 2. The third kappa shape index (κ3) is 3.90. The van der Waals surface area contributed by atoms with Gasteiger partial charge in [-0.3, -0.25) is 9.59 Å². The number of hydrogen-bond donors (Lipinski definition) is 2. The van der Waals surface area contributed by atoms with Crippen LogP contribution in [0.3, 0.4) is 0 Å². The minimum Gasteiger partial charge on any atom is -0.321 e. The van der Waals surface area contributed by atoms with E-state index in [0.29, 0.717) is 34.8 Å². The molecule has 0 radical (unpaired) electrons. The highest BCUT2D eigenvalue weighted by Crippen LogP contribution is 2.26. The van der Waals surface area contributed by atoms with E-state index in [0.717, 1.165) is 6.07 Å². The summed E-state index contributed by atoms with van der Waals surface area (Å²) in [7, 11) is 0. The minimum atomic E-state index is -0.595. The van der Waals surface area contributed by atoms with Gasteiger partial charge in [-0.15, -0.1) is 0 Å². The Hall–Kier alpha value is -2.99. The summed E-state index contributed by atoms with van der Waals surface area (Å²) in [6, 6.07) is 10.7. The molecule has 5 nitrogen and oxygen atoms in total. The summed E-state index contributed by atoms with van der Waals surface area (Å²) >= 11 is 5.75. The van der Waals surface area contributed by atoms with Crippen LogP contribution < -0.4 is 10.9 Å². The van der Waals surface area contributed by atoms with Gasteiger partial charge in [0.1, 0.15) is 11.6 Å². The molecule has 3 rings (SSSR count). The van der Waals surface area contributed by atoms with Gasteiger partial charge in [0.05, 0.1) is 10.7 Å². The molecule has 1 amide bonds. The number of anilines is 1. The van der Waals surface area contributed by atoms with Crippen LogP contribution in [0.25, 0.3) is 11.4 Å². The zero-order valence-corrected chi connectivity index (χ0v) is 15.5. The first-order chi connectivity index (χ1) is 12.9. The van der Waals surface area contributed by atoms with Crippen LogP contribution in [-0.4, -0.2) is 15.9 Å². The number of amides is 1. The largest absolute Gasteiger partial charge is 0.321 e. The number of benzene rings is 2. The standard InChI is InChI=1S/C20H17ClFN3O2/c1-3-13-11(2)23-18(25-20(13)27)14-6-4-5-7-17(14)24-19(26)12-8-9-16(22)15(21)10-12/h4-10H,3H2,1-2H3,(H,24,26)(H,23,25,27). The Balaban J connectivity index is 1.98. The molecule has 0 saturated heterocycles. The molecule has 7 heteroatoms. The fraction of sp³-hybridized carbons (Fsp3) is 0.150. The third-order valence-electron chi connectivity index (χ3n) is 4.19. The molecule has 3 aromatic rings. The van der Waals surface area contributed by atoms with Crippen LogP contribution in [0, 0.1) is 12.7 Å². The molecule has 0 fully saturated rings. The van der Waals surface area contributed by atoms with Gasteiger partial charge in [-0.25, -0.2) is 9.37 Å². The lowest BCUT2D eigenvalue weighted by molar-refractivity contribution is 0.102. The number of aromatic nitrogens is 2. The third-order valence-corrected chi connectivity index (χ3v) is 4.48. The number of rotatable bonds is 4. The van der Waals surface area contributed by atoms with Crippen molar-refractivity contribution in [1.29, 1.82) is 0 Å². The van der Waals surface area contributed by atoms with Gasteiger partial charge in [-0.05, 0) is 43.7 Å². The zero-order chi connectivity index (χ0) is 19.6. The number of carbonyl (C=O) groups is 1. The second-order valence-electron chi connectivity index (χ2n) is 5.96. The van der Waals surface area contributed by atoms with Crippen molar-refractivity contribution < 1.29 is 9.18 Å². The lowest BCUT2D eigenvalue weighted by atomic mass is 10.1. The lowest BCUT2D eigenvalue weighted by Crippen LogP contribution is -2.18. The molecule has 27 heavy (non-hydrogen) atoms. The molecular formula is C20H17ClFN3O2. The van der Waals surface area contributed by atoms with Gasteiger partial charge in [-0.1, -0.05) is 30.7 Å². The average Bonchev–Trinajstić information content (AvgIpc) is 2.64. The van der Waals surface area contributed by atoms with Gasteiger partial charge < -0.3 is 10.3 Å². The summed E-state index contributed by atoms with van der Waals surface area (Å²) in [6.45, 7) is 3.67. The van der Waals surface area contributed by atoms with Gasteiger partial charge in [0.2, 0.25) is 0 Å². The highest BCUT2D eigenvalue weighted by molar-refractivity contribution is 6.31. The molecule has 0 aliphatic heterocycles. The maximum Gasteiger partial charge on any atom is 0.255 e. The SMILES string of the molecule is CCc1c(C)nc(-c2ccccc2NC(=O)c2ccc(F)c(Cl)c2)[nH]c1=O. The van der Waals surface area contributed by atoms with E-state index in [9.17, 15) is 14.0 Å². The first kappa shape index (κ1) is 18.8. The molecule has 0 unspecified atom stereocenters. The van der Waals surface area contributed by atoms with Crippen molar-refractivity contribution in [2.45, 2.75) is 20.3 Å². The first-order valence-electron chi connectivity index (χ1n) is 8.36. The van der Waals surface area contributed by atoms with Crippen LogP contribution in [0.2, 0.25) is 5.02 Å². The first-order valence-corrected chi connectivity index (χ1v) is 8.74. The van der Waals surface area contributed by atoms with Crippen LogP contribution >= 0.6 is 11.6 Å². The Bertz CT molecular complexity index is 1080. The van der Waals surface area contributed by atoms with Crippen LogP contribution in [0.5, 0.6) is 0 Å². The predicted molar refractivity (Wildman–Crippen MR) is 104 cm³/mol. The Morgan fingerprint density at radius 1 is 1.26 bits per heavy atom. The van der Waals surface area contributed by atoms with E-state index in [1.165, 1.54) is 12.1 Å². The summed E-state index contributed by atoms with van der Waals surface area (Å²) < 4.78 is 13.3. The van der Waals surface area contributed by atoms with E-state index in [1.54, 1.807) is 31.2 Å². The van der Waals surface area contributed by atoms with Crippen LogP contribution in [0.15, 0.2) is 47.3 Å². The molecule has 0 aliphatic carbocycles. The number of aryl methyl sites for hydroxylation is 1. The molecule has 0 atom stereocenters. The van der Waals surface area contributed by atoms with E-state index >= 15 is 0 Å². The van der Waals surface area contributed by atoms with Crippen molar-refractivity contribution in [3.8, 4) is 11.4 Å². The van der Waals surface area contributed by atoms with Gasteiger partial charge >= 0.3 is 0 Å². The summed E-state index contributed by atoms with van der Waals surface area (Å²) in [5.74, 6) is -0.682. The van der Waals surface area contributed by atoms with Crippen molar-refractivity contribution >= 4 is 23.2 Å². The maximum absolute atomic E-state index is 13.3. The van der Waals surface area contributed by atoms with Gasteiger partial charge in [0, 0.05) is 22.4 Å². The number of hydrogen-bond acceptors (Lipinski definition) is 3. The number of halogens is 2. The quantitative estimate of drug-likeness (QED) is 0.701. The Kier molecular flexibility index (Phi) is 5.37. The average molecular weight is 386 g/mol. The number of aromatic amines is 1. The van der Waals surface area contributed by atoms with Crippen molar-refractivity contribution in [1.82, 2.24) is 9.97 Å². The molecule has 2 N–H and O–H groups in total. The molecule has 0 spiro atoms. The highest BCUT2D eigenvalue weighted by Gasteiger charge is 2.14. The van der Waals surface area contributed by atoms with Gasteiger partial charge in [0.25, 0.3) is 11.5 Å². The number of carbonyl (C=O) groups excluding carboxylic acids is 1. The molecular weight excluding hydrogens is 369 g/mol. The predicted octanol–water partition coefficient (Wildman–Crippen LogP) is 4.35. The fourth-order valence-corrected chi connectivity index (χ4v) is 2.97. The summed E-state index contributed by atoms with van der Waals surface area (Å²) in [5.41, 5.74) is 2.32. The van der Waals surface area contributed by atoms with E-state index in [2.05, 4.69) is 15.3 Å². The normalized spacial score (nSPS) is 10.7. The van der Waals surface area contributed by atoms with E-state index in [4.69, 9.17) is 11.6 Å². The Labute approximate surface area is 160 Å². The summed E-state index contributed by atoms with van der Waals surface area (Å²) in [4.78, 5) is 32.0. The molecule has 0 aliphatic rings. The maximum atomic E-state index is 13.3. The second-order valence-corrected chi connectivity index (χ2v) is 6.37. The topological polar surface area (TPSA) is 74.8 Å². The highest BCUT2D eigenvalue weighted by atomic mass is 35.5. The Morgan fingerprint density at radius 2 is 2.00 bits per heavy atom. The number of para-hydroxylation sites is 1. The summed E-state index contributed by atoms with van der Waals surface area (Å²) in [5, 5.41) is 2.63. The number of nitrogens with zero attached hydrogens (tertiary/aromatic N) is 1. The fourth-order valence-electron chi connectivity index (χ4n) is 2.78. The van der Waals surface area contributed by atoms with Gasteiger partial charge in [0.15, 0.2) is 0 Å². The molecule has 0 saturated carbocycles. The van der Waals surface area contributed by atoms with Gasteiger partial charge in [-0.2, -0.15) is 0 Å². The van der Waals surface area contributed by atoms with Crippen LogP contribution in [0.1, 0.15) is 28.5 Å². The summed E-state index contributed by atoms with van der Waals surface area (Å²) in [6.07, 6.45) is 0.582. The zero-order valence-electron chi connectivity index (χ0n) is 14.8. The minimum absolute atomic E-state index is 0.132. The second kappa shape index (κ2) is 7.72. The molecule has 138 valence electrons.